The van der Waals surface area contributed by atoms with Crippen LogP contribution in [0.3, 0.4) is 0 Å². The summed E-state index contributed by atoms with van der Waals surface area (Å²) in [5, 5.41) is 2.59. The number of carbonyl (C=O) groups is 2. The van der Waals surface area contributed by atoms with Gasteiger partial charge in [0.25, 0.3) is 5.91 Å². The summed E-state index contributed by atoms with van der Waals surface area (Å²) in [5.41, 5.74) is 1.69. The van der Waals surface area contributed by atoms with Crippen LogP contribution in [0.15, 0.2) is 24.3 Å². The summed E-state index contributed by atoms with van der Waals surface area (Å²) in [6, 6.07) is 5.55. The highest BCUT2D eigenvalue weighted by molar-refractivity contribution is 5.98. The van der Waals surface area contributed by atoms with E-state index in [0.717, 1.165) is 0 Å². The van der Waals surface area contributed by atoms with Gasteiger partial charge in [-0.15, -0.1) is 0 Å². The average Bonchev–Trinajstić information content (AvgIpc) is 2.64. The Kier molecular flexibility index (Phi) is 5.91. The quantitative estimate of drug-likeness (QED) is 0.312. The SMILES string of the molecule is CC(C)(C)C(=O)Nc1cccc(C(=O)NNc2c(F)c(F)c(F)c(F)c2F)c1. The molecule has 10 heteroatoms. The number of anilines is 2. The predicted octanol–water partition coefficient (Wildman–Crippen LogP) is 4.12. The number of benzene rings is 2. The topological polar surface area (TPSA) is 70.2 Å². The van der Waals surface area contributed by atoms with Gasteiger partial charge in [-0.05, 0) is 18.2 Å². The lowest BCUT2D eigenvalue weighted by Gasteiger charge is -2.18. The van der Waals surface area contributed by atoms with Crippen LogP contribution in [0.4, 0.5) is 33.3 Å². The molecule has 0 heterocycles. The van der Waals surface area contributed by atoms with Crippen molar-refractivity contribution in [3.05, 3.63) is 58.9 Å². The molecular weight excluding hydrogens is 385 g/mol. The van der Waals surface area contributed by atoms with Crippen LogP contribution in [0, 0.1) is 34.5 Å². The van der Waals surface area contributed by atoms with Crippen molar-refractivity contribution < 1.29 is 31.5 Å². The summed E-state index contributed by atoms with van der Waals surface area (Å²) in [6.07, 6.45) is 0. The van der Waals surface area contributed by atoms with Crippen molar-refractivity contribution >= 4 is 23.2 Å². The van der Waals surface area contributed by atoms with Crippen LogP contribution < -0.4 is 16.2 Å². The molecule has 0 radical (unpaired) electrons. The van der Waals surface area contributed by atoms with Gasteiger partial charge in [-0.2, -0.15) is 0 Å². The van der Waals surface area contributed by atoms with E-state index >= 15 is 0 Å². The molecule has 28 heavy (non-hydrogen) atoms. The van der Waals surface area contributed by atoms with Crippen LogP contribution in [-0.2, 0) is 4.79 Å². The van der Waals surface area contributed by atoms with Crippen LogP contribution >= 0.6 is 0 Å². The smallest absolute Gasteiger partial charge is 0.269 e. The highest BCUT2D eigenvalue weighted by Gasteiger charge is 2.26. The van der Waals surface area contributed by atoms with Gasteiger partial charge in [0.05, 0.1) is 0 Å². The molecule has 2 aromatic carbocycles. The zero-order valence-corrected chi connectivity index (χ0v) is 15.0. The van der Waals surface area contributed by atoms with Gasteiger partial charge in [-0.25, -0.2) is 22.0 Å². The Morgan fingerprint density at radius 3 is 1.93 bits per heavy atom. The Hall–Kier alpha value is -3.17. The third-order valence-corrected chi connectivity index (χ3v) is 3.57. The monoisotopic (exact) mass is 401 g/mol. The first kappa shape index (κ1) is 21.1. The van der Waals surface area contributed by atoms with Crippen molar-refractivity contribution in [1.29, 1.82) is 0 Å². The molecule has 2 amide bonds. The number of amides is 2. The van der Waals surface area contributed by atoms with Crippen LogP contribution in [0.2, 0.25) is 0 Å². The highest BCUT2D eigenvalue weighted by Crippen LogP contribution is 2.26. The molecule has 2 aromatic rings. The van der Waals surface area contributed by atoms with Gasteiger partial charge in [-0.1, -0.05) is 26.8 Å². The molecule has 150 valence electrons. The number of hydrogen-bond donors (Lipinski definition) is 3. The first-order valence-electron chi connectivity index (χ1n) is 7.92. The third-order valence-electron chi connectivity index (χ3n) is 3.57. The Morgan fingerprint density at radius 2 is 1.39 bits per heavy atom. The van der Waals surface area contributed by atoms with E-state index < -0.39 is 46.1 Å². The normalized spacial score (nSPS) is 11.1. The van der Waals surface area contributed by atoms with Crippen molar-refractivity contribution in [2.24, 2.45) is 5.41 Å². The fraction of sp³-hybridized carbons (Fsp3) is 0.222. The van der Waals surface area contributed by atoms with Gasteiger partial charge >= 0.3 is 0 Å². The fourth-order valence-corrected chi connectivity index (χ4v) is 1.96. The summed E-state index contributed by atoms with van der Waals surface area (Å²) in [4.78, 5) is 24.1. The molecule has 0 saturated carbocycles. The molecule has 0 aliphatic heterocycles. The second kappa shape index (κ2) is 7.83. The highest BCUT2D eigenvalue weighted by atomic mass is 19.2. The van der Waals surface area contributed by atoms with E-state index in [1.54, 1.807) is 26.2 Å². The van der Waals surface area contributed by atoms with E-state index in [9.17, 15) is 31.5 Å². The van der Waals surface area contributed by atoms with Gasteiger partial charge in [0.1, 0.15) is 5.69 Å². The van der Waals surface area contributed by atoms with E-state index in [4.69, 9.17) is 0 Å². The van der Waals surface area contributed by atoms with Crippen molar-refractivity contribution in [3.63, 3.8) is 0 Å². The molecule has 0 saturated heterocycles. The zero-order chi connectivity index (χ0) is 21.2. The van der Waals surface area contributed by atoms with Crippen molar-refractivity contribution in [3.8, 4) is 0 Å². The lowest BCUT2D eigenvalue weighted by molar-refractivity contribution is -0.123. The molecule has 0 spiro atoms. The number of carbonyl (C=O) groups excluding carboxylic acids is 2. The Balaban J connectivity index is 2.17. The predicted molar refractivity (Wildman–Crippen MR) is 91.8 cm³/mol. The second-order valence-electron chi connectivity index (χ2n) is 6.81. The number of nitrogens with one attached hydrogen (secondary N) is 3. The summed E-state index contributed by atoms with van der Waals surface area (Å²) in [5.74, 6) is -12.1. The van der Waals surface area contributed by atoms with Crippen LogP contribution in [0.1, 0.15) is 31.1 Å². The van der Waals surface area contributed by atoms with E-state index in [0.29, 0.717) is 0 Å². The summed E-state index contributed by atoms with van der Waals surface area (Å²) < 4.78 is 66.5. The molecule has 0 atom stereocenters. The minimum atomic E-state index is -2.31. The maximum absolute atomic E-state index is 13.6. The summed E-state index contributed by atoms with van der Waals surface area (Å²) in [7, 11) is 0. The Morgan fingerprint density at radius 1 is 0.857 bits per heavy atom. The zero-order valence-electron chi connectivity index (χ0n) is 15.0. The van der Waals surface area contributed by atoms with Gasteiger partial charge < -0.3 is 5.32 Å². The molecule has 0 unspecified atom stereocenters. The van der Waals surface area contributed by atoms with Gasteiger partial charge in [0.15, 0.2) is 23.3 Å². The molecule has 0 aliphatic carbocycles. The lowest BCUT2D eigenvalue weighted by Crippen LogP contribution is -2.31. The second-order valence-corrected chi connectivity index (χ2v) is 6.81. The van der Waals surface area contributed by atoms with Crippen molar-refractivity contribution in [2.45, 2.75) is 20.8 Å². The van der Waals surface area contributed by atoms with Gasteiger partial charge in [0, 0.05) is 16.7 Å². The van der Waals surface area contributed by atoms with Gasteiger partial charge in [0.2, 0.25) is 11.7 Å². The van der Waals surface area contributed by atoms with Crippen LogP contribution in [0.25, 0.3) is 0 Å². The largest absolute Gasteiger partial charge is 0.326 e. The molecular formula is C18H16F5N3O2. The third kappa shape index (κ3) is 4.38. The minimum absolute atomic E-state index is 0.0388. The molecule has 0 aliphatic rings. The van der Waals surface area contributed by atoms with E-state index in [1.165, 1.54) is 24.3 Å². The molecule has 0 bridgehead atoms. The molecule has 0 fully saturated rings. The lowest BCUT2D eigenvalue weighted by atomic mass is 9.95. The van der Waals surface area contributed by atoms with Crippen LogP contribution in [0.5, 0.6) is 0 Å². The van der Waals surface area contributed by atoms with Crippen molar-refractivity contribution in [2.75, 3.05) is 10.7 Å². The van der Waals surface area contributed by atoms with Crippen molar-refractivity contribution in [1.82, 2.24) is 5.43 Å². The Bertz CT molecular complexity index is 913. The van der Waals surface area contributed by atoms with E-state index in [1.807, 2.05) is 5.43 Å². The van der Waals surface area contributed by atoms with Crippen LogP contribution in [-0.4, -0.2) is 11.8 Å². The first-order chi connectivity index (χ1) is 12.9. The minimum Gasteiger partial charge on any atom is -0.326 e. The molecule has 2 rings (SSSR count). The maximum Gasteiger partial charge on any atom is 0.269 e. The molecule has 3 N–H and O–H groups in total. The average molecular weight is 401 g/mol. The number of rotatable bonds is 4. The number of halogens is 5. The number of hydrazine groups is 1. The standard InChI is InChI=1S/C18H16F5N3O2/c1-18(2,3)17(28)24-9-6-4-5-8(7-9)16(27)26-25-15-13(22)11(20)10(19)12(21)14(15)23/h4-7,25H,1-3H3,(H,24,28)(H,26,27). The maximum atomic E-state index is 13.6. The Labute approximate surface area is 156 Å². The molecule has 5 nitrogen and oxygen atoms in total. The van der Waals surface area contributed by atoms with E-state index in [-0.39, 0.29) is 17.2 Å². The van der Waals surface area contributed by atoms with Gasteiger partial charge in [-0.3, -0.25) is 20.4 Å². The molecule has 0 aromatic heterocycles. The number of hydrogen-bond acceptors (Lipinski definition) is 3. The fourth-order valence-electron chi connectivity index (χ4n) is 1.96. The summed E-state index contributed by atoms with van der Waals surface area (Å²) >= 11 is 0. The summed E-state index contributed by atoms with van der Waals surface area (Å²) in [6.45, 7) is 5.06. The van der Waals surface area contributed by atoms with E-state index in [2.05, 4.69) is 5.32 Å². The first-order valence-corrected chi connectivity index (χ1v) is 7.92.